The van der Waals surface area contributed by atoms with Gasteiger partial charge in [0.1, 0.15) is 11.2 Å². The van der Waals surface area contributed by atoms with Crippen molar-refractivity contribution >= 4 is 22.7 Å². The Morgan fingerprint density at radius 3 is 2.53 bits per heavy atom. The Morgan fingerprint density at radius 2 is 1.80 bits per heavy atom. The summed E-state index contributed by atoms with van der Waals surface area (Å²) in [5.41, 5.74) is 1.66. The maximum Gasteiger partial charge on any atom is 0.271 e. The molecule has 156 valence electrons. The zero-order valence-corrected chi connectivity index (χ0v) is 17.9. The predicted octanol–water partition coefficient (Wildman–Crippen LogP) is 4.22. The number of carbonyl (C=O) groups is 2. The highest BCUT2D eigenvalue weighted by atomic mass is 16.2. The Bertz CT molecular complexity index is 1070. The van der Waals surface area contributed by atoms with Crippen molar-refractivity contribution in [1.82, 2.24) is 14.8 Å². The normalized spacial score (nSPS) is 18.7. The topological polar surface area (TPSA) is 54.3 Å². The Morgan fingerprint density at radius 1 is 1.10 bits per heavy atom. The first-order valence-electron chi connectivity index (χ1n) is 10.6. The molecule has 0 fully saturated rings. The van der Waals surface area contributed by atoms with Crippen LogP contribution in [-0.2, 0) is 17.9 Å². The minimum absolute atomic E-state index is 0.101. The number of hydrogen-bond donors (Lipinski definition) is 1. The lowest BCUT2D eigenvalue weighted by atomic mass is 9.93. The first kappa shape index (κ1) is 20.2. The third-order valence-corrected chi connectivity index (χ3v) is 6.02. The number of nitrogens with one attached hydrogen (secondary N) is 1. The van der Waals surface area contributed by atoms with Crippen LogP contribution in [0, 0.1) is 5.92 Å². The molecule has 2 aromatic carbocycles. The van der Waals surface area contributed by atoms with Gasteiger partial charge in [0.2, 0.25) is 5.91 Å². The molecule has 0 radical (unpaired) electrons. The summed E-state index contributed by atoms with van der Waals surface area (Å²) >= 11 is 0. The van der Waals surface area contributed by atoms with E-state index in [0.29, 0.717) is 31.2 Å². The highest BCUT2D eigenvalue weighted by Crippen LogP contribution is 2.33. The van der Waals surface area contributed by atoms with Crippen LogP contribution in [0.4, 0.5) is 0 Å². The van der Waals surface area contributed by atoms with Gasteiger partial charge in [-0.05, 0) is 37.0 Å². The third kappa shape index (κ3) is 3.60. The number of amides is 2. The molecule has 0 spiro atoms. The van der Waals surface area contributed by atoms with E-state index in [0.717, 1.165) is 22.9 Å². The van der Waals surface area contributed by atoms with E-state index in [1.165, 1.54) is 0 Å². The second kappa shape index (κ2) is 7.98. The predicted molar refractivity (Wildman–Crippen MR) is 119 cm³/mol. The number of hydrogen-bond acceptors (Lipinski definition) is 2. The molecule has 0 bridgehead atoms. The molecule has 4 rings (SSSR count). The van der Waals surface area contributed by atoms with E-state index in [-0.39, 0.29) is 11.8 Å². The summed E-state index contributed by atoms with van der Waals surface area (Å²) < 4.78 is 2.00. The summed E-state index contributed by atoms with van der Waals surface area (Å²) in [5.74, 6) is 0.296. The zero-order chi connectivity index (χ0) is 21.3. The molecular formula is C25H29N3O2. The summed E-state index contributed by atoms with van der Waals surface area (Å²) in [5, 5.41) is 4.10. The van der Waals surface area contributed by atoms with Crippen molar-refractivity contribution in [3.8, 4) is 0 Å². The average molecular weight is 404 g/mol. The van der Waals surface area contributed by atoms with E-state index >= 15 is 0 Å². The molecule has 1 unspecified atom stereocenters. The number of aromatic nitrogens is 1. The summed E-state index contributed by atoms with van der Waals surface area (Å²) in [4.78, 5) is 28.8. The van der Waals surface area contributed by atoms with Crippen LogP contribution in [-0.4, -0.2) is 33.4 Å². The van der Waals surface area contributed by atoms with Gasteiger partial charge in [-0.25, -0.2) is 0 Å². The number of benzene rings is 2. The van der Waals surface area contributed by atoms with Crippen LogP contribution in [0.15, 0.2) is 60.7 Å². The lowest BCUT2D eigenvalue weighted by molar-refractivity contribution is -0.133. The van der Waals surface area contributed by atoms with Crippen molar-refractivity contribution in [2.24, 2.45) is 5.92 Å². The maximum absolute atomic E-state index is 13.6. The summed E-state index contributed by atoms with van der Waals surface area (Å²) in [7, 11) is 0. The van der Waals surface area contributed by atoms with E-state index in [9.17, 15) is 9.59 Å². The molecule has 5 heteroatoms. The Kier molecular flexibility index (Phi) is 5.37. The summed E-state index contributed by atoms with van der Waals surface area (Å²) in [6, 6.07) is 19.8. The van der Waals surface area contributed by atoms with Crippen LogP contribution < -0.4 is 5.32 Å². The van der Waals surface area contributed by atoms with Crippen LogP contribution in [0.3, 0.4) is 0 Å². The Hall–Kier alpha value is -3.08. The number of para-hydroxylation sites is 1. The molecule has 5 nitrogen and oxygen atoms in total. The lowest BCUT2D eigenvalue weighted by Gasteiger charge is -2.44. The third-order valence-electron chi connectivity index (χ3n) is 6.02. The standard InChI is InChI=1S/C25H29N3O2/c1-18(2)13-14-26-24(30)25(3)17-27-21-12-8-7-11-20(21)15-22(27)23(29)28(25)16-19-9-5-4-6-10-19/h4-12,15,18H,13-14,16-17H2,1-3H3,(H,26,30). The second-order valence-corrected chi connectivity index (χ2v) is 8.76. The Labute approximate surface area is 177 Å². The molecule has 1 atom stereocenters. The van der Waals surface area contributed by atoms with Gasteiger partial charge in [-0.2, -0.15) is 0 Å². The molecule has 0 saturated heterocycles. The van der Waals surface area contributed by atoms with Crippen molar-refractivity contribution in [3.63, 3.8) is 0 Å². The number of nitrogens with zero attached hydrogens (tertiary/aromatic N) is 2. The minimum Gasteiger partial charge on any atom is -0.354 e. The van der Waals surface area contributed by atoms with Crippen LogP contribution in [0.5, 0.6) is 0 Å². The second-order valence-electron chi connectivity index (χ2n) is 8.76. The highest BCUT2D eigenvalue weighted by molar-refractivity contribution is 6.03. The molecule has 30 heavy (non-hydrogen) atoms. The van der Waals surface area contributed by atoms with Crippen molar-refractivity contribution in [2.75, 3.05) is 6.54 Å². The fraction of sp³-hybridized carbons (Fsp3) is 0.360. The van der Waals surface area contributed by atoms with E-state index in [1.807, 2.05) is 72.2 Å². The van der Waals surface area contributed by atoms with E-state index < -0.39 is 5.54 Å². The zero-order valence-electron chi connectivity index (χ0n) is 17.9. The van der Waals surface area contributed by atoms with Gasteiger partial charge in [0.05, 0.1) is 6.54 Å². The first-order chi connectivity index (χ1) is 14.4. The van der Waals surface area contributed by atoms with Crippen LogP contribution in [0.1, 0.15) is 43.2 Å². The molecule has 0 saturated carbocycles. The Balaban J connectivity index is 1.74. The molecular weight excluding hydrogens is 374 g/mol. The molecule has 1 N–H and O–H groups in total. The molecule has 0 aliphatic carbocycles. The van der Waals surface area contributed by atoms with Gasteiger partial charge in [0.25, 0.3) is 5.91 Å². The summed E-state index contributed by atoms with van der Waals surface area (Å²) in [6.07, 6.45) is 0.909. The fourth-order valence-electron chi connectivity index (χ4n) is 4.18. The monoisotopic (exact) mass is 403 g/mol. The highest BCUT2D eigenvalue weighted by Gasteiger charge is 2.47. The van der Waals surface area contributed by atoms with Crippen molar-refractivity contribution in [2.45, 2.75) is 45.8 Å². The average Bonchev–Trinajstić information content (AvgIpc) is 3.10. The largest absolute Gasteiger partial charge is 0.354 e. The van der Waals surface area contributed by atoms with Crippen LogP contribution in [0.25, 0.3) is 10.9 Å². The van der Waals surface area contributed by atoms with Gasteiger partial charge in [-0.1, -0.05) is 62.4 Å². The van der Waals surface area contributed by atoms with Gasteiger partial charge in [-0.15, -0.1) is 0 Å². The number of rotatable bonds is 6. The number of fused-ring (bicyclic) bond motifs is 3. The van der Waals surface area contributed by atoms with E-state index in [2.05, 4.69) is 19.2 Å². The molecule has 2 heterocycles. The summed E-state index contributed by atoms with van der Waals surface area (Å²) in [6.45, 7) is 7.60. The molecule has 2 amide bonds. The first-order valence-corrected chi connectivity index (χ1v) is 10.6. The van der Waals surface area contributed by atoms with Gasteiger partial charge < -0.3 is 14.8 Å². The number of carbonyl (C=O) groups excluding carboxylic acids is 2. The molecule has 1 aliphatic rings. The van der Waals surface area contributed by atoms with Crippen LogP contribution >= 0.6 is 0 Å². The smallest absolute Gasteiger partial charge is 0.271 e. The van der Waals surface area contributed by atoms with Gasteiger partial charge in [0.15, 0.2) is 0 Å². The molecule has 1 aliphatic heterocycles. The van der Waals surface area contributed by atoms with E-state index in [4.69, 9.17) is 0 Å². The lowest BCUT2D eigenvalue weighted by Crippen LogP contribution is -2.63. The quantitative estimate of drug-likeness (QED) is 0.670. The van der Waals surface area contributed by atoms with Gasteiger partial charge in [-0.3, -0.25) is 9.59 Å². The van der Waals surface area contributed by atoms with Gasteiger partial charge >= 0.3 is 0 Å². The fourth-order valence-corrected chi connectivity index (χ4v) is 4.18. The minimum atomic E-state index is -0.974. The SMILES string of the molecule is CC(C)CCNC(=O)C1(C)Cn2c(cc3ccccc32)C(=O)N1Cc1ccccc1. The van der Waals surface area contributed by atoms with Crippen molar-refractivity contribution in [1.29, 1.82) is 0 Å². The van der Waals surface area contributed by atoms with Crippen molar-refractivity contribution < 1.29 is 9.59 Å². The molecule has 1 aromatic heterocycles. The van der Waals surface area contributed by atoms with Crippen LogP contribution in [0.2, 0.25) is 0 Å². The van der Waals surface area contributed by atoms with Gasteiger partial charge in [0, 0.05) is 24.0 Å². The molecule has 3 aromatic rings. The maximum atomic E-state index is 13.6. The van der Waals surface area contributed by atoms with Crippen molar-refractivity contribution in [3.05, 3.63) is 71.9 Å². The van der Waals surface area contributed by atoms with E-state index in [1.54, 1.807) is 4.90 Å².